The Morgan fingerprint density at radius 2 is 2.18 bits per heavy atom. The van der Waals surface area contributed by atoms with E-state index >= 15 is 0 Å². The van der Waals surface area contributed by atoms with E-state index in [-0.39, 0.29) is 0 Å². The predicted molar refractivity (Wildman–Crippen MR) is 70.0 cm³/mol. The lowest BCUT2D eigenvalue weighted by molar-refractivity contribution is 0.0685. The quantitative estimate of drug-likeness (QED) is 0.912. The standard InChI is InChI=1S/C12H12ClNO2S/c1-2-7-14-8(3-4-9(14)12(15)16)10-5-6-11(13)17-10/h3-6H,2,7H2,1H3,(H,15,16). The number of halogens is 1. The third-order valence-electron chi connectivity index (χ3n) is 2.47. The minimum absolute atomic E-state index is 0.325. The fourth-order valence-electron chi connectivity index (χ4n) is 1.79. The minimum atomic E-state index is -0.896. The van der Waals surface area contributed by atoms with E-state index < -0.39 is 5.97 Å². The Bertz CT molecular complexity index is 544. The number of aromatic carboxylic acids is 1. The highest BCUT2D eigenvalue weighted by atomic mass is 35.5. The summed E-state index contributed by atoms with van der Waals surface area (Å²) in [6.07, 6.45) is 0.890. The highest BCUT2D eigenvalue weighted by Crippen LogP contribution is 2.32. The summed E-state index contributed by atoms with van der Waals surface area (Å²) in [5.74, 6) is -0.896. The number of carboxylic acids is 1. The van der Waals surface area contributed by atoms with Crippen molar-refractivity contribution in [2.45, 2.75) is 19.9 Å². The summed E-state index contributed by atoms with van der Waals surface area (Å²) >= 11 is 7.36. The normalized spacial score (nSPS) is 10.7. The van der Waals surface area contributed by atoms with Crippen LogP contribution in [0.15, 0.2) is 24.3 Å². The zero-order valence-electron chi connectivity index (χ0n) is 9.31. The van der Waals surface area contributed by atoms with Crippen LogP contribution in [0.4, 0.5) is 0 Å². The lowest BCUT2D eigenvalue weighted by Crippen LogP contribution is -2.09. The molecular weight excluding hydrogens is 258 g/mol. The summed E-state index contributed by atoms with van der Waals surface area (Å²) in [6, 6.07) is 7.22. The maximum atomic E-state index is 11.1. The lowest BCUT2D eigenvalue weighted by atomic mass is 10.3. The lowest BCUT2D eigenvalue weighted by Gasteiger charge is -2.08. The van der Waals surface area contributed by atoms with E-state index in [2.05, 4.69) is 0 Å². The van der Waals surface area contributed by atoms with Gasteiger partial charge in [0.1, 0.15) is 5.69 Å². The molecular formula is C12H12ClNO2S. The van der Waals surface area contributed by atoms with Crippen LogP contribution in [0, 0.1) is 0 Å². The Labute approximate surface area is 108 Å². The van der Waals surface area contributed by atoms with Gasteiger partial charge in [0.25, 0.3) is 0 Å². The van der Waals surface area contributed by atoms with Gasteiger partial charge in [-0.2, -0.15) is 0 Å². The van der Waals surface area contributed by atoms with Gasteiger partial charge in [-0.15, -0.1) is 11.3 Å². The van der Waals surface area contributed by atoms with Gasteiger partial charge in [-0.1, -0.05) is 18.5 Å². The van der Waals surface area contributed by atoms with E-state index in [9.17, 15) is 4.79 Å². The highest BCUT2D eigenvalue weighted by molar-refractivity contribution is 7.19. The molecule has 0 saturated heterocycles. The van der Waals surface area contributed by atoms with Crippen LogP contribution in [-0.2, 0) is 6.54 Å². The van der Waals surface area contributed by atoms with Crippen molar-refractivity contribution in [1.29, 1.82) is 0 Å². The van der Waals surface area contributed by atoms with Gasteiger partial charge in [0, 0.05) is 6.54 Å². The van der Waals surface area contributed by atoms with Crippen molar-refractivity contribution >= 4 is 28.9 Å². The van der Waals surface area contributed by atoms with Crippen LogP contribution in [0.25, 0.3) is 10.6 Å². The third-order valence-corrected chi connectivity index (χ3v) is 3.73. The molecule has 0 bridgehead atoms. The maximum Gasteiger partial charge on any atom is 0.352 e. The van der Waals surface area contributed by atoms with Crippen molar-refractivity contribution in [3.63, 3.8) is 0 Å². The zero-order chi connectivity index (χ0) is 12.4. The molecule has 2 rings (SSSR count). The Morgan fingerprint density at radius 3 is 2.71 bits per heavy atom. The van der Waals surface area contributed by atoms with Crippen LogP contribution >= 0.6 is 22.9 Å². The molecule has 0 aromatic carbocycles. The van der Waals surface area contributed by atoms with Crippen LogP contribution in [0.5, 0.6) is 0 Å². The Balaban J connectivity index is 2.50. The number of aromatic nitrogens is 1. The number of carboxylic acid groups (broad SMARTS) is 1. The van der Waals surface area contributed by atoms with Gasteiger partial charge in [0.15, 0.2) is 0 Å². The molecule has 5 heteroatoms. The van der Waals surface area contributed by atoms with Crippen molar-refractivity contribution < 1.29 is 9.90 Å². The molecule has 2 heterocycles. The third kappa shape index (κ3) is 2.37. The van der Waals surface area contributed by atoms with Gasteiger partial charge < -0.3 is 9.67 Å². The monoisotopic (exact) mass is 269 g/mol. The molecule has 2 aromatic rings. The molecule has 90 valence electrons. The molecule has 0 aliphatic carbocycles. The molecule has 0 radical (unpaired) electrons. The largest absolute Gasteiger partial charge is 0.477 e. The number of hydrogen-bond acceptors (Lipinski definition) is 2. The molecule has 0 atom stereocenters. The van der Waals surface area contributed by atoms with E-state index in [0.717, 1.165) is 17.0 Å². The smallest absolute Gasteiger partial charge is 0.352 e. The van der Waals surface area contributed by atoms with E-state index in [0.29, 0.717) is 16.6 Å². The van der Waals surface area contributed by atoms with E-state index in [1.165, 1.54) is 11.3 Å². The SMILES string of the molecule is CCCn1c(C(=O)O)ccc1-c1ccc(Cl)s1. The van der Waals surface area contributed by atoms with E-state index in [1.54, 1.807) is 6.07 Å². The molecule has 0 spiro atoms. The molecule has 0 amide bonds. The van der Waals surface area contributed by atoms with Gasteiger partial charge in [0.05, 0.1) is 14.9 Å². The fourth-order valence-corrected chi connectivity index (χ4v) is 2.86. The first-order valence-electron chi connectivity index (χ1n) is 5.32. The number of hydrogen-bond donors (Lipinski definition) is 1. The number of nitrogens with zero attached hydrogens (tertiary/aromatic N) is 1. The highest BCUT2D eigenvalue weighted by Gasteiger charge is 2.15. The Morgan fingerprint density at radius 1 is 1.41 bits per heavy atom. The summed E-state index contributed by atoms with van der Waals surface area (Å²) < 4.78 is 2.53. The van der Waals surface area contributed by atoms with Crippen LogP contribution in [0.2, 0.25) is 4.34 Å². The zero-order valence-corrected chi connectivity index (χ0v) is 10.9. The predicted octanol–water partition coefficient (Wildman–Crippen LogP) is 3.98. The van der Waals surface area contributed by atoms with E-state index in [4.69, 9.17) is 16.7 Å². The Kier molecular flexibility index (Phi) is 3.54. The number of carbonyl (C=O) groups is 1. The van der Waals surface area contributed by atoms with Crippen LogP contribution in [0.1, 0.15) is 23.8 Å². The van der Waals surface area contributed by atoms with Crippen molar-refractivity contribution in [1.82, 2.24) is 4.57 Å². The topological polar surface area (TPSA) is 42.2 Å². The second-order valence-electron chi connectivity index (χ2n) is 3.66. The summed E-state index contributed by atoms with van der Waals surface area (Å²) in [6.45, 7) is 2.72. The first kappa shape index (κ1) is 12.2. The van der Waals surface area contributed by atoms with Crippen LogP contribution in [-0.4, -0.2) is 15.6 Å². The summed E-state index contributed by atoms with van der Waals surface area (Å²) in [7, 11) is 0. The minimum Gasteiger partial charge on any atom is -0.477 e. The molecule has 0 fully saturated rings. The van der Waals surface area contributed by atoms with Gasteiger partial charge in [-0.05, 0) is 30.7 Å². The molecule has 17 heavy (non-hydrogen) atoms. The average Bonchev–Trinajstić information content (AvgIpc) is 2.85. The number of thiophene rings is 1. The van der Waals surface area contributed by atoms with Gasteiger partial charge in [-0.25, -0.2) is 4.79 Å². The molecule has 0 aliphatic rings. The molecule has 2 aromatic heterocycles. The van der Waals surface area contributed by atoms with Crippen molar-refractivity contribution in [3.05, 3.63) is 34.3 Å². The van der Waals surface area contributed by atoms with Gasteiger partial charge in [-0.3, -0.25) is 0 Å². The van der Waals surface area contributed by atoms with Crippen molar-refractivity contribution in [2.75, 3.05) is 0 Å². The van der Waals surface area contributed by atoms with E-state index in [1.807, 2.05) is 29.7 Å². The first-order chi connectivity index (χ1) is 8.13. The van der Waals surface area contributed by atoms with Crippen molar-refractivity contribution in [3.8, 4) is 10.6 Å². The molecule has 3 nitrogen and oxygen atoms in total. The second kappa shape index (κ2) is 4.94. The van der Waals surface area contributed by atoms with Gasteiger partial charge >= 0.3 is 5.97 Å². The summed E-state index contributed by atoms with van der Waals surface area (Å²) in [5.41, 5.74) is 1.24. The number of rotatable bonds is 4. The molecule has 1 N–H and O–H groups in total. The summed E-state index contributed by atoms with van der Waals surface area (Å²) in [5, 5.41) is 9.11. The second-order valence-corrected chi connectivity index (χ2v) is 5.38. The van der Waals surface area contributed by atoms with Gasteiger partial charge in [0.2, 0.25) is 0 Å². The summed E-state index contributed by atoms with van der Waals surface area (Å²) in [4.78, 5) is 12.1. The fraction of sp³-hybridized carbons (Fsp3) is 0.250. The molecule has 0 saturated carbocycles. The van der Waals surface area contributed by atoms with Crippen LogP contribution in [0.3, 0.4) is 0 Å². The average molecular weight is 270 g/mol. The van der Waals surface area contributed by atoms with Crippen LogP contribution < -0.4 is 0 Å². The van der Waals surface area contributed by atoms with Crippen molar-refractivity contribution in [2.24, 2.45) is 0 Å². The first-order valence-corrected chi connectivity index (χ1v) is 6.51. The molecule has 0 unspecified atom stereocenters. The molecule has 0 aliphatic heterocycles. The maximum absolute atomic E-state index is 11.1. The Hall–Kier alpha value is -1.26.